The Kier molecular flexibility index (Phi) is 6.89. The first-order valence-electron chi connectivity index (χ1n) is 8.25. The van der Waals surface area contributed by atoms with Gasteiger partial charge in [0.1, 0.15) is 5.75 Å². The number of benzene rings is 1. The number of ether oxygens (including phenoxy) is 1. The molecule has 2 N–H and O–H groups in total. The molecule has 24 heavy (non-hydrogen) atoms. The van der Waals surface area contributed by atoms with Crippen molar-refractivity contribution < 1.29 is 9.53 Å². The molecule has 0 spiro atoms. The van der Waals surface area contributed by atoms with Crippen LogP contribution in [0.15, 0.2) is 16.6 Å². The van der Waals surface area contributed by atoms with Crippen LogP contribution >= 0.6 is 15.9 Å². The summed E-state index contributed by atoms with van der Waals surface area (Å²) < 4.78 is 6.24. The Balaban J connectivity index is 2.17. The number of likely N-dealkylation sites (N-methyl/N-ethyl adjacent to an activating group) is 2. The molecule has 1 aliphatic heterocycles. The largest absolute Gasteiger partial charge is 0.496 e. The summed E-state index contributed by atoms with van der Waals surface area (Å²) in [6, 6.07) is 3.73. The van der Waals surface area contributed by atoms with E-state index < -0.39 is 0 Å². The molecule has 1 atom stereocenters. The van der Waals surface area contributed by atoms with Gasteiger partial charge < -0.3 is 25.2 Å². The van der Waals surface area contributed by atoms with Crippen molar-refractivity contribution in [3.63, 3.8) is 0 Å². The second kappa shape index (κ2) is 8.69. The maximum absolute atomic E-state index is 12.8. The molecule has 1 aromatic rings. The first-order chi connectivity index (χ1) is 11.5. The quantitative estimate of drug-likeness (QED) is 0.792. The number of nitrogens with zero attached hydrogens (tertiary/aromatic N) is 2. The lowest BCUT2D eigenvalue weighted by Gasteiger charge is -2.24. The Bertz CT molecular complexity index is 582. The molecule has 1 aromatic carbocycles. The van der Waals surface area contributed by atoms with E-state index >= 15 is 0 Å². The topological polar surface area (TPSA) is 56.8 Å². The van der Waals surface area contributed by atoms with E-state index in [1.165, 1.54) is 0 Å². The van der Waals surface area contributed by atoms with Crippen LogP contribution in [-0.4, -0.2) is 75.7 Å². The van der Waals surface area contributed by atoms with Gasteiger partial charge in [-0.3, -0.25) is 4.79 Å². The van der Waals surface area contributed by atoms with Crippen molar-refractivity contribution in [2.24, 2.45) is 0 Å². The lowest BCUT2D eigenvalue weighted by Crippen LogP contribution is -2.46. The number of carbonyl (C=O) groups is 1. The smallest absolute Gasteiger partial charge is 0.255 e. The molecule has 1 fully saturated rings. The van der Waals surface area contributed by atoms with Crippen molar-refractivity contribution in [1.29, 1.82) is 0 Å². The Morgan fingerprint density at radius 1 is 1.38 bits per heavy atom. The Labute approximate surface area is 152 Å². The van der Waals surface area contributed by atoms with Crippen LogP contribution in [0.1, 0.15) is 17.3 Å². The summed E-state index contributed by atoms with van der Waals surface area (Å²) in [6.45, 7) is 6.91. The number of anilines is 1. The third kappa shape index (κ3) is 4.62. The first-order valence-corrected chi connectivity index (χ1v) is 9.04. The number of amides is 1. The molecule has 0 aromatic heterocycles. The van der Waals surface area contributed by atoms with Crippen LogP contribution in [0.2, 0.25) is 0 Å². The van der Waals surface area contributed by atoms with E-state index in [1.807, 2.05) is 13.1 Å². The Hall–Kier alpha value is -1.31. The molecule has 1 amide bonds. The SMILES string of the molecule is CCN1CCN(C)CC(NC(=O)c2cc(Br)c(NC)cc2OC)C1. The van der Waals surface area contributed by atoms with Crippen molar-refractivity contribution in [3.05, 3.63) is 22.2 Å². The van der Waals surface area contributed by atoms with Gasteiger partial charge in [-0.2, -0.15) is 0 Å². The molecule has 1 unspecified atom stereocenters. The first kappa shape index (κ1) is 19.0. The molecule has 0 bridgehead atoms. The molecule has 0 aliphatic carbocycles. The molecule has 0 radical (unpaired) electrons. The zero-order valence-electron chi connectivity index (χ0n) is 14.9. The van der Waals surface area contributed by atoms with Crippen molar-refractivity contribution >= 4 is 27.5 Å². The van der Waals surface area contributed by atoms with Gasteiger partial charge in [0.2, 0.25) is 0 Å². The average molecular weight is 399 g/mol. The van der Waals surface area contributed by atoms with Crippen LogP contribution in [0.4, 0.5) is 5.69 Å². The summed E-state index contributed by atoms with van der Waals surface area (Å²) >= 11 is 3.49. The minimum atomic E-state index is -0.105. The molecule has 134 valence electrons. The number of hydrogen-bond donors (Lipinski definition) is 2. The van der Waals surface area contributed by atoms with Gasteiger partial charge in [0.25, 0.3) is 5.91 Å². The number of rotatable bonds is 5. The number of halogens is 1. The maximum atomic E-state index is 12.8. The maximum Gasteiger partial charge on any atom is 0.255 e. The van der Waals surface area contributed by atoms with E-state index in [2.05, 4.69) is 50.3 Å². The predicted molar refractivity (Wildman–Crippen MR) is 101 cm³/mol. The van der Waals surface area contributed by atoms with Gasteiger partial charge >= 0.3 is 0 Å². The van der Waals surface area contributed by atoms with Crippen LogP contribution in [0, 0.1) is 0 Å². The van der Waals surface area contributed by atoms with Crippen molar-refractivity contribution in [1.82, 2.24) is 15.1 Å². The van der Waals surface area contributed by atoms with Crippen LogP contribution < -0.4 is 15.4 Å². The average Bonchev–Trinajstić information content (AvgIpc) is 2.75. The Morgan fingerprint density at radius 2 is 2.12 bits per heavy atom. The highest BCUT2D eigenvalue weighted by Gasteiger charge is 2.23. The zero-order valence-corrected chi connectivity index (χ0v) is 16.4. The van der Waals surface area contributed by atoms with Crippen LogP contribution in [0.5, 0.6) is 5.75 Å². The molecule has 6 nitrogen and oxygen atoms in total. The highest BCUT2D eigenvalue weighted by atomic mass is 79.9. The van der Waals surface area contributed by atoms with E-state index in [-0.39, 0.29) is 11.9 Å². The number of hydrogen-bond acceptors (Lipinski definition) is 5. The van der Waals surface area contributed by atoms with Crippen LogP contribution in [0.3, 0.4) is 0 Å². The van der Waals surface area contributed by atoms with Gasteiger partial charge in [-0.25, -0.2) is 0 Å². The molecule has 7 heteroatoms. The standard InChI is InChI=1S/C17H27BrN4O2/c1-5-22-7-6-21(3)10-12(11-22)20-17(23)13-8-14(18)15(19-2)9-16(13)24-4/h8-9,12,19H,5-7,10-11H2,1-4H3,(H,20,23). The van der Waals surface area contributed by atoms with Crippen LogP contribution in [0.25, 0.3) is 0 Å². The summed E-state index contributed by atoms with van der Waals surface area (Å²) in [6.07, 6.45) is 0. The summed E-state index contributed by atoms with van der Waals surface area (Å²) in [7, 11) is 5.51. The monoisotopic (exact) mass is 398 g/mol. The lowest BCUT2D eigenvalue weighted by molar-refractivity contribution is 0.0922. The normalized spacial score (nSPS) is 19.6. The minimum absolute atomic E-state index is 0.0948. The van der Waals surface area contributed by atoms with Gasteiger partial charge in [-0.15, -0.1) is 0 Å². The van der Waals surface area contributed by atoms with Gasteiger partial charge in [-0.05, 0) is 35.6 Å². The van der Waals surface area contributed by atoms with E-state index in [0.29, 0.717) is 11.3 Å². The summed E-state index contributed by atoms with van der Waals surface area (Å²) in [5.41, 5.74) is 1.42. The van der Waals surface area contributed by atoms with Gasteiger partial charge in [0.15, 0.2) is 0 Å². The zero-order chi connectivity index (χ0) is 17.7. The lowest BCUT2D eigenvalue weighted by atomic mass is 10.1. The second-order valence-electron chi connectivity index (χ2n) is 6.11. The van der Waals surface area contributed by atoms with Crippen molar-refractivity contribution in [2.45, 2.75) is 13.0 Å². The fourth-order valence-electron chi connectivity index (χ4n) is 2.97. The van der Waals surface area contributed by atoms with E-state index in [4.69, 9.17) is 4.74 Å². The highest BCUT2D eigenvalue weighted by Crippen LogP contribution is 2.31. The highest BCUT2D eigenvalue weighted by molar-refractivity contribution is 9.10. The second-order valence-corrected chi connectivity index (χ2v) is 6.96. The fraction of sp³-hybridized carbons (Fsp3) is 0.588. The molecular formula is C17H27BrN4O2. The van der Waals surface area contributed by atoms with Crippen LogP contribution in [-0.2, 0) is 0 Å². The summed E-state index contributed by atoms with van der Waals surface area (Å²) in [5.74, 6) is 0.459. The summed E-state index contributed by atoms with van der Waals surface area (Å²) in [5, 5.41) is 6.24. The molecule has 1 aliphatic rings. The van der Waals surface area contributed by atoms with Gasteiger partial charge in [-0.1, -0.05) is 6.92 Å². The van der Waals surface area contributed by atoms with Gasteiger partial charge in [0, 0.05) is 43.8 Å². The molecule has 2 rings (SSSR count). The third-order valence-electron chi connectivity index (χ3n) is 4.39. The minimum Gasteiger partial charge on any atom is -0.496 e. The van der Waals surface area contributed by atoms with E-state index in [9.17, 15) is 4.79 Å². The molecular weight excluding hydrogens is 372 g/mol. The van der Waals surface area contributed by atoms with Crippen molar-refractivity contribution in [2.75, 3.05) is 59.2 Å². The number of methoxy groups -OCH3 is 1. The Morgan fingerprint density at radius 3 is 2.75 bits per heavy atom. The summed E-state index contributed by atoms with van der Waals surface area (Å²) in [4.78, 5) is 17.4. The fourth-order valence-corrected chi connectivity index (χ4v) is 3.51. The molecule has 1 heterocycles. The predicted octanol–water partition coefficient (Wildman–Crippen LogP) is 1.87. The van der Waals surface area contributed by atoms with E-state index in [1.54, 1.807) is 13.2 Å². The molecule has 0 saturated carbocycles. The number of nitrogens with one attached hydrogen (secondary N) is 2. The van der Waals surface area contributed by atoms with E-state index in [0.717, 1.165) is 42.9 Å². The molecule has 1 saturated heterocycles. The van der Waals surface area contributed by atoms with Gasteiger partial charge in [0.05, 0.1) is 24.4 Å². The third-order valence-corrected chi connectivity index (χ3v) is 5.05. The number of carbonyl (C=O) groups excluding carboxylic acids is 1. The van der Waals surface area contributed by atoms with Crippen molar-refractivity contribution in [3.8, 4) is 5.75 Å².